The van der Waals surface area contributed by atoms with Crippen molar-refractivity contribution in [2.45, 2.75) is 18.8 Å². The summed E-state index contributed by atoms with van der Waals surface area (Å²) in [6.45, 7) is -0.535. The third-order valence-electron chi connectivity index (χ3n) is 3.04. The standard InChI is InChI=1S/C12H14F3N3O2/c1-18-8-4-7(2-3-9(8)20-11(18)19)6-17-10(5-16)12(13,14)15/h2-4,10,17H,5-6,16H2,1H3. The first-order valence-electron chi connectivity index (χ1n) is 5.91. The van der Waals surface area contributed by atoms with Gasteiger partial charge in [-0.3, -0.25) is 4.57 Å². The highest BCUT2D eigenvalue weighted by atomic mass is 19.4. The van der Waals surface area contributed by atoms with Crippen LogP contribution in [0, 0.1) is 0 Å². The summed E-state index contributed by atoms with van der Waals surface area (Å²) in [5, 5.41) is 2.35. The predicted molar refractivity (Wildman–Crippen MR) is 67.2 cm³/mol. The molecule has 0 radical (unpaired) electrons. The Morgan fingerprint density at radius 2 is 2.15 bits per heavy atom. The van der Waals surface area contributed by atoms with Gasteiger partial charge in [0.05, 0.1) is 5.52 Å². The van der Waals surface area contributed by atoms with E-state index in [1.165, 1.54) is 11.6 Å². The Bertz CT molecular complexity index is 660. The van der Waals surface area contributed by atoms with E-state index < -0.39 is 24.5 Å². The largest absolute Gasteiger partial charge is 0.419 e. The van der Waals surface area contributed by atoms with Crippen LogP contribution in [0.4, 0.5) is 13.2 Å². The Morgan fingerprint density at radius 1 is 1.45 bits per heavy atom. The number of hydrogen-bond donors (Lipinski definition) is 2. The van der Waals surface area contributed by atoms with E-state index >= 15 is 0 Å². The fraction of sp³-hybridized carbons (Fsp3) is 0.417. The first-order chi connectivity index (χ1) is 9.32. The van der Waals surface area contributed by atoms with E-state index in [1.807, 2.05) is 0 Å². The van der Waals surface area contributed by atoms with Crippen LogP contribution in [-0.4, -0.2) is 23.3 Å². The van der Waals surface area contributed by atoms with Gasteiger partial charge in [-0.15, -0.1) is 0 Å². The van der Waals surface area contributed by atoms with E-state index in [9.17, 15) is 18.0 Å². The lowest BCUT2D eigenvalue weighted by molar-refractivity contribution is -0.153. The third-order valence-corrected chi connectivity index (χ3v) is 3.04. The van der Waals surface area contributed by atoms with Crippen molar-refractivity contribution in [3.8, 4) is 0 Å². The van der Waals surface area contributed by atoms with Crippen LogP contribution in [0.5, 0.6) is 0 Å². The zero-order chi connectivity index (χ0) is 14.9. The van der Waals surface area contributed by atoms with Crippen LogP contribution in [-0.2, 0) is 13.6 Å². The average Bonchev–Trinajstić information content (AvgIpc) is 2.65. The molecule has 1 atom stereocenters. The summed E-state index contributed by atoms with van der Waals surface area (Å²) >= 11 is 0. The molecule has 2 rings (SSSR count). The van der Waals surface area contributed by atoms with Gasteiger partial charge in [0.15, 0.2) is 5.58 Å². The number of aromatic nitrogens is 1. The molecule has 0 aliphatic carbocycles. The maximum Gasteiger partial charge on any atom is 0.419 e. The van der Waals surface area contributed by atoms with Crippen LogP contribution in [0.25, 0.3) is 11.1 Å². The van der Waals surface area contributed by atoms with Gasteiger partial charge in [0.2, 0.25) is 0 Å². The second-order valence-electron chi connectivity index (χ2n) is 4.44. The van der Waals surface area contributed by atoms with E-state index in [2.05, 4.69) is 5.32 Å². The van der Waals surface area contributed by atoms with Gasteiger partial charge in [0.1, 0.15) is 6.04 Å². The Morgan fingerprint density at radius 3 is 2.75 bits per heavy atom. The lowest BCUT2D eigenvalue weighted by Gasteiger charge is -2.19. The number of oxazole rings is 1. The number of rotatable bonds is 4. The van der Waals surface area contributed by atoms with E-state index in [0.29, 0.717) is 16.7 Å². The molecule has 1 unspecified atom stereocenters. The highest BCUT2D eigenvalue weighted by Gasteiger charge is 2.38. The van der Waals surface area contributed by atoms with Crippen molar-refractivity contribution < 1.29 is 17.6 Å². The van der Waals surface area contributed by atoms with Gasteiger partial charge in [-0.2, -0.15) is 13.2 Å². The molecular weight excluding hydrogens is 275 g/mol. The summed E-state index contributed by atoms with van der Waals surface area (Å²) in [6.07, 6.45) is -4.39. The number of fused-ring (bicyclic) bond motifs is 1. The van der Waals surface area contributed by atoms with Crippen LogP contribution >= 0.6 is 0 Å². The van der Waals surface area contributed by atoms with Gasteiger partial charge in [-0.1, -0.05) is 6.07 Å². The topological polar surface area (TPSA) is 73.2 Å². The number of halogens is 3. The Kier molecular flexibility index (Phi) is 3.87. The third kappa shape index (κ3) is 2.86. The monoisotopic (exact) mass is 289 g/mol. The quantitative estimate of drug-likeness (QED) is 0.884. The van der Waals surface area contributed by atoms with Gasteiger partial charge < -0.3 is 15.5 Å². The molecule has 0 saturated carbocycles. The summed E-state index contributed by atoms with van der Waals surface area (Å²) in [5.74, 6) is -0.514. The zero-order valence-corrected chi connectivity index (χ0v) is 10.7. The van der Waals surface area contributed by atoms with Crippen molar-refractivity contribution in [1.82, 2.24) is 9.88 Å². The molecule has 0 aliphatic rings. The average molecular weight is 289 g/mol. The maximum absolute atomic E-state index is 12.5. The van der Waals surface area contributed by atoms with Crippen molar-refractivity contribution in [2.24, 2.45) is 12.8 Å². The van der Waals surface area contributed by atoms with Crippen LogP contribution in [0.1, 0.15) is 5.56 Å². The van der Waals surface area contributed by atoms with E-state index in [0.717, 1.165) is 0 Å². The minimum atomic E-state index is -4.39. The van der Waals surface area contributed by atoms with Gasteiger partial charge in [-0.25, -0.2) is 4.79 Å². The summed E-state index contributed by atoms with van der Waals surface area (Å²) in [6, 6.07) is 3.00. The molecule has 1 aromatic heterocycles. The normalized spacial score (nSPS) is 13.8. The first kappa shape index (κ1) is 14.6. The van der Waals surface area contributed by atoms with Gasteiger partial charge >= 0.3 is 11.9 Å². The summed E-state index contributed by atoms with van der Waals surface area (Å²) in [5.41, 5.74) is 6.63. The lowest BCUT2D eigenvalue weighted by atomic mass is 10.2. The zero-order valence-electron chi connectivity index (χ0n) is 10.7. The molecule has 2 aromatic rings. The predicted octanol–water partition coefficient (Wildman–Crippen LogP) is 1.11. The smallest absolute Gasteiger partial charge is 0.408 e. The van der Waals surface area contributed by atoms with Crippen LogP contribution < -0.4 is 16.8 Å². The number of nitrogens with one attached hydrogen (secondary N) is 1. The molecule has 1 aromatic carbocycles. The van der Waals surface area contributed by atoms with Gasteiger partial charge in [0.25, 0.3) is 0 Å². The Labute approximate surface area is 112 Å². The highest BCUT2D eigenvalue weighted by molar-refractivity contribution is 5.73. The van der Waals surface area contributed by atoms with Gasteiger partial charge in [-0.05, 0) is 17.7 Å². The Balaban J connectivity index is 2.18. The molecule has 0 saturated heterocycles. The van der Waals surface area contributed by atoms with E-state index in [1.54, 1.807) is 18.2 Å². The maximum atomic E-state index is 12.5. The van der Waals surface area contributed by atoms with E-state index in [4.69, 9.17) is 10.2 Å². The molecule has 0 aliphatic heterocycles. The van der Waals surface area contributed by atoms with Crippen LogP contribution in [0.2, 0.25) is 0 Å². The number of aryl methyl sites for hydroxylation is 1. The highest BCUT2D eigenvalue weighted by Crippen LogP contribution is 2.20. The van der Waals surface area contributed by atoms with Crippen LogP contribution in [0.15, 0.2) is 27.4 Å². The van der Waals surface area contributed by atoms with Crippen molar-refractivity contribution in [3.05, 3.63) is 34.3 Å². The summed E-state index contributed by atoms with van der Waals surface area (Å²) in [7, 11) is 1.53. The van der Waals surface area contributed by atoms with Crippen molar-refractivity contribution in [2.75, 3.05) is 6.54 Å². The summed E-state index contributed by atoms with van der Waals surface area (Å²) < 4.78 is 43.9. The van der Waals surface area contributed by atoms with Crippen molar-refractivity contribution in [3.63, 3.8) is 0 Å². The molecule has 8 heteroatoms. The lowest BCUT2D eigenvalue weighted by Crippen LogP contribution is -2.47. The number of nitrogens with zero attached hydrogens (tertiary/aromatic N) is 1. The number of benzene rings is 1. The molecule has 0 fully saturated rings. The number of nitrogens with two attached hydrogens (primary N) is 1. The Hall–Kier alpha value is -1.80. The SMILES string of the molecule is Cn1c(=O)oc2ccc(CNC(CN)C(F)(F)F)cc21. The molecular formula is C12H14F3N3O2. The first-order valence-corrected chi connectivity index (χ1v) is 5.91. The van der Waals surface area contributed by atoms with E-state index in [-0.39, 0.29) is 6.54 Å². The summed E-state index contributed by atoms with van der Waals surface area (Å²) in [4.78, 5) is 11.3. The van der Waals surface area contributed by atoms with Crippen molar-refractivity contribution >= 4 is 11.1 Å². The molecule has 0 amide bonds. The molecule has 5 nitrogen and oxygen atoms in total. The van der Waals surface area contributed by atoms with Crippen molar-refractivity contribution in [1.29, 1.82) is 0 Å². The molecule has 0 bridgehead atoms. The number of hydrogen-bond acceptors (Lipinski definition) is 4. The molecule has 110 valence electrons. The molecule has 3 N–H and O–H groups in total. The van der Waals surface area contributed by atoms with Crippen LogP contribution in [0.3, 0.4) is 0 Å². The second kappa shape index (κ2) is 5.29. The molecule has 20 heavy (non-hydrogen) atoms. The fourth-order valence-electron chi connectivity index (χ4n) is 1.86. The fourth-order valence-corrected chi connectivity index (χ4v) is 1.86. The minimum Gasteiger partial charge on any atom is -0.408 e. The second-order valence-corrected chi connectivity index (χ2v) is 4.44. The number of alkyl halides is 3. The molecule has 1 heterocycles. The van der Waals surface area contributed by atoms with Gasteiger partial charge in [0, 0.05) is 20.1 Å². The molecule has 0 spiro atoms. The minimum absolute atomic E-state index is 0.00329.